The highest BCUT2D eigenvalue weighted by atomic mass is 35.5. The lowest BCUT2D eigenvalue weighted by atomic mass is 10.1. The lowest BCUT2D eigenvalue weighted by Gasteiger charge is -2.38. The van der Waals surface area contributed by atoms with Gasteiger partial charge >= 0.3 is 0 Å². The zero-order valence-corrected chi connectivity index (χ0v) is 20.9. The van der Waals surface area contributed by atoms with Crippen LogP contribution >= 0.6 is 60.6 Å². The predicted molar refractivity (Wildman–Crippen MR) is 133 cm³/mol. The lowest BCUT2D eigenvalue weighted by Crippen LogP contribution is -2.51. The number of nitrogens with one attached hydrogen (secondary N) is 1. The van der Waals surface area contributed by atoms with E-state index in [2.05, 4.69) is 20.1 Å². The Morgan fingerprint density at radius 1 is 1.16 bits per heavy atom. The van der Waals surface area contributed by atoms with Crippen molar-refractivity contribution in [1.82, 2.24) is 20.1 Å². The summed E-state index contributed by atoms with van der Waals surface area (Å²) in [7, 11) is 0. The Bertz CT molecular complexity index is 763. The minimum atomic E-state index is -0.531. The molecule has 0 radical (unpaired) electrons. The van der Waals surface area contributed by atoms with E-state index in [9.17, 15) is 9.59 Å². The first-order valence-corrected chi connectivity index (χ1v) is 11.1. The topological polar surface area (TPSA) is 94.8 Å². The molecule has 0 unspecified atom stereocenters. The fourth-order valence-electron chi connectivity index (χ4n) is 4.09. The molecule has 3 aliphatic rings. The SMILES string of the molecule is Cl.Cl.Cl.NC(=O)c1cnc(N2CCN([C@@H]3CN[C@H](C(=O)N4CCSC4)C3)CC2)c(Cl)c1. The maximum absolute atomic E-state index is 12.6. The summed E-state index contributed by atoms with van der Waals surface area (Å²) in [4.78, 5) is 34.7. The van der Waals surface area contributed by atoms with Gasteiger partial charge in [0.2, 0.25) is 11.8 Å². The molecule has 31 heavy (non-hydrogen) atoms. The number of amides is 2. The summed E-state index contributed by atoms with van der Waals surface area (Å²) in [6.45, 7) is 5.11. The minimum absolute atomic E-state index is 0. The van der Waals surface area contributed by atoms with Crippen molar-refractivity contribution >= 4 is 78.2 Å². The van der Waals surface area contributed by atoms with E-state index in [0.29, 0.717) is 22.4 Å². The molecule has 4 rings (SSSR count). The summed E-state index contributed by atoms with van der Waals surface area (Å²) in [6, 6.07) is 1.90. The maximum atomic E-state index is 12.6. The van der Waals surface area contributed by atoms with Gasteiger partial charge in [0.05, 0.1) is 22.5 Å². The monoisotopic (exact) mass is 532 g/mol. The van der Waals surface area contributed by atoms with Crippen molar-refractivity contribution in [1.29, 1.82) is 0 Å². The number of primary amides is 1. The number of hydrogen-bond donors (Lipinski definition) is 2. The van der Waals surface area contributed by atoms with Crippen LogP contribution in [0.1, 0.15) is 16.8 Å². The Kier molecular flexibility index (Phi) is 11.5. The molecule has 2 amide bonds. The highest BCUT2D eigenvalue weighted by Gasteiger charge is 2.36. The molecule has 0 saturated carbocycles. The number of pyridine rings is 1. The first kappa shape index (κ1) is 28.4. The van der Waals surface area contributed by atoms with Gasteiger partial charge in [-0.2, -0.15) is 0 Å². The van der Waals surface area contributed by atoms with Crippen LogP contribution in [0.5, 0.6) is 0 Å². The molecule has 1 aromatic heterocycles. The van der Waals surface area contributed by atoms with Crippen LogP contribution in [0.15, 0.2) is 12.3 Å². The molecule has 0 aliphatic carbocycles. The molecule has 3 aliphatic heterocycles. The van der Waals surface area contributed by atoms with Gasteiger partial charge in [0.15, 0.2) is 0 Å². The normalized spacial score (nSPS) is 23.5. The Labute approximate surface area is 210 Å². The van der Waals surface area contributed by atoms with E-state index in [0.717, 1.165) is 57.3 Å². The number of thioether (sulfide) groups is 1. The average Bonchev–Trinajstić information content (AvgIpc) is 3.40. The second-order valence-corrected chi connectivity index (χ2v) is 8.89. The second-order valence-electron chi connectivity index (χ2n) is 7.41. The van der Waals surface area contributed by atoms with Crippen LogP contribution in [0.3, 0.4) is 0 Å². The Morgan fingerprint density at radius 3 is 2.45 bits per heavy atom. The van der Waals surface area contributed by atoms with Crippen LogP contribution < -0.4 is 16.0 Å². The third kappa shape index (κ3) is 6.43. The van der Waals surface area contributed by atoms with Crippen LogP contribution in [0, 0.1) is 0 Å². The van der Waals surface area contributed by atoms with Crippen molar-refractivity contribution in [2.75, 3.05) is 55.8 Å². The standard InChI is InChI=1S/C18H25ClN6O2S.3ClH/c19-14-7-12(16(20)26)9-22-17(14)24-3-1-23(2-4-24)13-8-15(21-10-13)18(27)25-5-6-28-11-25;;;/h7,9,13,15,21H,1-6,8,10-11H2,(H2,20,26);3*1H/t13-,15-;;;/m0.../s1. The molecule has 3 N–H and O–H groups in total. The Hall–Kier alpha value is -0.680. The number of halogens is 4. The molecule has 3 saturated heterocycles. The van der Waals surface area contributed by atoms with E-state index < -0.39 is 5.91 Å². The van der Waals surface area contributed by atoms with Gasteiger partial charge in [0, 0.05) is 57.3 Å². The van der Waals surface area contributed by atoms with Gasteiger partial charge in [-0.1, -0.05) is 11.6 Å². The van der Waals surface area contributed by atoms with Crippen molar-refractivity contribution in [2.45, 2.75) is 18.5 Å². The molecular weight excluding hydrogens is 506 g/mol. The minimum Gasteiger partial charge on any atom is -0.366 e. The van der Waals surface area contributed by atoms with Crippen LogP contribution in [-0.2, 0) is 4.79 Å². The van der Waals surface area contributed by atoms with Gasteiger partial charge in [-0.05, 0) is 12.5 Å². The number of aromatic nitrogens is 1. The fraction of sp³-hybridized carbons (Fsp3) is 0.611. The van der Waals surface area contributed by atoms with Crippen molar-refractivity contribution in [2.24, 2.45) is 5.73 Å². The molecule has 176 valence electrons. The molecule has 1 aromatic rings. The van der Waals surface area contributed by atoms with Crippen LogP contribution in [0.25, 0.3) is 0 Å². The summed E-state index contributed by atoms with van der Waals surface area (Å²) in [6.07, 6.45) is 2.34. The number of rotatable bonds is 4. The zero-order valence-electron chi connectivity index (χ0n) is 16.9. The summed E-state index contributed by atoms with van der Waals surface area (Å²) < 4.78 is 0. The summed E-state index contributed by atoms with van der Waals surface area (Å²) in [5, 5.41) is 3.86. The molecule has 13 heteroatoms. The first-order valence-electron chi connectivity index (χ1n) is 9.57. The molecule has 4 heterocycles. The van der Waals surface area contributed by atoms with Gasteiger partial charge in [0.25, 0.3) is 0 Å². The number of anilines is 1. The van der Waals surface area contributed by atoms with Crippen LogP contribution in [0.4, 0.5) is 5.82 Å². The van der Waals surface area contributed by atoms with Gasteiger partial charge in [-0.15, -0.1) is 49.0 Å². The Balaban J connectivity index is 0.00000160. The van der Waals surface area contributed by atoms with Crippen molar-refractivity contribution < 1.29 is 9.59 Å². The molecule has 2 atom stereocenters. The number of piperazine rings is 1. The van der Waals surface area contributed by atoms with E-state index in [1.807, 2.05) is 16.7 Å². The largest absolute Gasteiger partial charge is 0.366 e. The molecule has 0 bridgehead atoms. The van der Waals surface area contributed by atoms with Gasteiger partial charge < -0.3 is 20.9 Å². The molecule has 3 fully saturated rings. The van der Waals surface area contributed by atoms with Gasteiger partial charge in [0.1, 0.15) is 5.82 Å². The van der Waals surface area contributed by atoms with E-state index in [4.69, 9.17) is 17.3 Å². The highest BCUT2D eigenvalue weighted by molar-refractivity contribution is 7.99. The first-order chi connectivity index (χ1) is 13.5. The second kappa shape index (κ2) is 12.5. The smallest absolute Gasteiger partial charge is 0.250 e. The van der Waals surface area contributed by atoms with E-state index in [1.54, 1.807) is 6.07 Å². The summed E-state index contributed by atoms with van der Waals surface area (Å²) in [5.74, 6) is 2.27. The molecular formula is C18H28Cl4N6O2S. The highest BCUT2D eigenvalue weighted by Crippen LogP contribution is 2.26. The number of carbonyl (C=O) groups is 2. The number of carbonyl (C=O) groups excluding carboxylic acids is 2. The Morgan fingerprint density at radius 2 is 1.87 bits per heavy atom. The van der Waals surface area contributed by atoms with Gasteiger partial charge in [-0.25, -0.2) is 4.98 Å². The molecule has 0 aromatic carbocycles. The van der Waals surface area contributed by atoms with Crippen molar-refractivity contribution in [3.05, 3.63) is 22.8 Å². The zero-order chi connectivity index (χ0) is 19.7. The molecule has 8 nitrogen and oxygen atoms in total. The van der Waals surface area contributed by atoms with E-state index in [1.165, 1.54) is 6.20 Å². The number of nitrogens with two attached hydrogens (primary N) is 1. The third-order valence-electron chi connectivity index (χ3n) is 5.71. The predicted octanol–water partition coefficient (Wildman–Crippen LogP) is 1.48. The van der Waals surface area contributed by atoms with E-state index in [-0.39, 0.29) is 49.2 Å². The lowest BCUT2D eigenvalue weighted by molar-refractivity contribution is -0.131. The number of hydrogen-bond acceptors (Lipinski definition) is 7. The van der Waals surface area contributed by atoms with E-state index >= 15 is 0 Å². The average molecular weight is 534 g/mol. The number of nitrogens with zero attached hydrogens (tertiary/aromatic N) is 4. The van der Waals surface area contributed by atoms with Crippen molar-refractivity contribution in [3.63, 3.8) is 0 Å². The van der Waals surface area contributed by atoms with Gasteiger partial charge in [-0.3, -0.25) is 14.5 Å². The quantitative estimate of drug-likeness (QED) is 0.605. The summed E-state index contributed by atoms with van der Waals surface area (Å²) >= 11 is 8.13. The molecule has 0 spiro atoms. The maximum Gasteiger partial charge on any atom is 0.250 e. The van der Waals surface area contributed by atoms with Crippen LogP contribution in [-0.4, -0.2) is 89.6 Å². The third-order valence-corrected chi connectivity index (χ3v) is 6.95. The summed E-state index contributed by atoms with van der Waals surface area (Å²) in [5.41, 5.74) is 5.60. The van der Waals surface area contributed by atoms with Crippen molar-refractivity contribution in [3.8, 4) is 0 Å². The van der Waals surface area contributed by atoms with Crippen LogP contribution in [0.2, 0.25) is 5.02 Å². The fourth-order valence-corrected chi connectivity index (χ4v) is 5.33.